The molecule has 0 unspecified atom stereocenters. The molecule has 1 saturated carbocycles. The van der Waals surface area contributed by atoms with Crippen molar-refractivity contribution in [3.05, 3.63) is 24.3 Å². The maximum Gasteiger partial charge on any atom is 0.243 e. The Hall–Kier alpha value is -1.75. The van der Waals surface area contributed by atoms with Crippen LogP contribution < -0.4 is 11.1 Å². The van der Waals surface area contributed by atoms with Crippen molar-refractivity contribution in [2.45, 2.75) is 31.7 Å². The fourth-order valence-corrected chi connectivity index (χ4v) is 2.58. The van der Waals surface area contributed by atoms with Crippen LogP contribution in [0.3, 0.4) is 0 Å². The molecule has 19 heavy (non-hydrogen) atoms. The summed E-state index contributed by atoms with van der Waals surface area (Å²) in [6.45, 7) is 0.909. The highest BCUT2D eigenvalue weighted by Gasteiger charge is 2.18. The molecule has 0 saturated heterocycles. The van der Waals surface area contributed by atoms with Crippen LogP contribution >= 0.6 is 0 Å². The molecule has 1 aromatic carbocycles. The van der Waals surface area contributed by atoms with E-state index < -0.39 is 0 Å². The van der Waals surface area contributed by atoms with E-state index in [1.807, 2.05) is 24.3 Å². The molecule has 100 valence electrons. The molecule has 5 heteroatoms. The van der Waals surface area contributed by atoms with Gasteiger partial charge < -0.3 is 11.1 Å². The third-order valence-electron chi connectivity index (χ3n) is 3.80. The number of nitrogens with one attached hydrogen (secondary N) is 1. The normalized spacial score (nSPS) is 23.4. The summed E-state index contributed by atoms with van der Waals surface area (Å²) in [4.78, 5) is 4.47. The molecular weight excluding hydrogens is 238 g/mol. The first-order valence-corrected chi connectivity index (χ1v) is 6.90. The number of para-hydroxylation sites is 1. The Labute approximate surface area is 112 Å². The molecular formula is C14H19N5. The first-order valence-electron chi connectivity index (χ1n) is 6.90. The molecule has 0 atom stereocenters. The maximum atomic E-state index is 5.91. The van der Waals surface area contributed by atoms with Crippen molar-refractivity contribution in [1.82, 2.24) is 15.2 Å². The molecule has 0 amide bonds. The summed E-state index contributed by atoms with van der Waals surface area (Å²) in [7, 11) is 0. The lowest BCUT2D eigenvalue weighted by molar-refractivity contribution is 0.338. The summed E-state index contributed by atoms with van der Waals surface area (Å²) < 4.78 is 0. The second kappa shape index (κ2) is 5.48. The van der Waals surface area contributed by atoms with Gasteiger partial charge in [-0.15, -0.1) is 10.2 Å². The monoisotopic (exact) mass is 257 g/mol. The van der Waals surface area contributed by atoms with Crippen LogP contribution in [0.25, 0.3) is 11.0 Å². The highest BCUT2D eigenvalue weighted by Crippen LogP contribution is 2.23. The van der Waals surface area contributed by atoms with Gasteiger partial charge in [0.2, 0.25) is 5.95 Å². The predicted molar refractivity (Wildman–Crippen MR) is 75.8 cm³/mol. The van der Waals surface area contributed by atoms with Gasteiger partial charge in [-0.3, -0.25) is 0 Å². The number of anilines is 1. The van der Waals surface area contributed by atoms with Crippen molar-refractivity contribution < 1.29 is 0 Å². The molecule has 1 fully saturated rings. The number of aromatic nitrogens is 3. The number of hydrogen-bond donors (Lipinski definition) is 2. The number of rotatable bonds is 3. The van der Waals surface area contributed by atoms with Crippen LogP contribution in [0.15, 0.2) is 24.3 Å². The van der Waals surface area contributed by atoms with Gasteiger partial charge in [0.05, 0.1) is 5.52 Å². The minimum absolute atomic E-state index is 0.398. The Morgan fingerprint density at radius 1 is 1.05 bits per heavy atom. The van der Waals surface area contributed by atoms with Gasteiger partial charge >= 0.3 is 0 Å². The van der Waals surface area contributed by atoms with E-state index in [4.69, 9.17) is 5.73 Å². The fourth-order valence-electron chi connectivity index (χ4n) is 2.58. The van der Waals surface area contributed by atoms with Crippen molar-refractivity contribution in [1.29, 1.82) is 0 Å². The van der Waals surface area contributed by atoms with E-state index in [1.165, 1.54) is 12.8 Å². The average molecular weight is 257 g/mol. The minimum atomic E-state index is 0.398. The van der Waals surface area contributed by atoms with Crippen LogP contribution in [-0.2, 0) is 0 Å². The topological polar surface area (TPSA) is 76.7 Å². The van der Waals surface area contributed by atoms with E-state index in [1.54, 1.807) is 0 Å². The smallest absolute Gasteiger partial charge is 0.243 e. The first-order chi connectivity index (χ1) is 9.31. The van der Waals surface area contributed by atoms with Gasteiger partial charge in [0, 0.05) is 12.6 Å². The zero-order valence-corrected chi connectivity index (χ0v) is 10.9. The molecule has 1 aliphatic rings. The Morgan fingerprint density at radius 3 is 2.58 bits per heavy atom. The summed E-state index contributed by atoms with van der Waals surface area (Å²) in [5.41, 5.74) is 7.62. The van der Waals surface area contributed by atoms with E-state index in [-0.39, 0.29) is 0 Å². The molecule has 0 aliphatic heterocycles. The molecule has 1 aliphatic carbocycles. The van der Waals surface area contributed by atoms with Gasteiger partial charge in [0.25, 0.3) is 0 Å². The second-order valence-corrected chi connectivity index (χ2v) is 5.29. The number of benzene rings is 1. The summed E-state index contributed by atoms with van der Waals surface area (Å²) >= 11 is 0. The lowest BCUT2D eigenvalue weighted by atomic mass is 9.86. The zero-order valence-electron chi connectivity index (χ0n) is 10.9. The number of hydrogen-bond acceptors (Lipinski definition) is 5. The summed E-state index contributed by atoms with van der Waals surface area (Å²) in [6, 6.07) is 8.17. The van der Waals surface area contributed by atoms with Crippen molar-refractivity contribution in [3.8, 4) is 0 Å². The van der Waals surface area contributed by atoms with Crippen LogP contribution in [0.1, 0.15) is 25.7 Å². The van der Waals surface area contributed by atoms with E-state index in [0.29, 0.717) is 17.9 Å². The SMILES string of the molecule is NC1CCC(CNc2nnc3ccccc3n2)CC1. The standard InChI is InChI=1S/C14H19N5/c15-11-7-5-10(6-8-11)9-16-14-17-12-3-1-2-4-13(12)18-19-14/h1-4,10-11H,5-9,15H2,(H,16,17,19). The van der Waals surface area contributed by atoms with Crippen LogP contribution in [-0.4, -0.2) is 27.8 Å². The quantitative estimate of drug-likeness (QED) is 0.879. The molecule has 1 heterocycles. The second-order valence-electron chi connectivity index (χ2n) is 5.29. The highest BCUT2D eigenvalue weighted by molar-refractivity contribution is 5.73. The summed E-state index contributed by atoms with van der Waals surface area (Å²) in [6.07, 6.45) is 4.64. The van der Waals surface area contributed by atoms with E-state index in [2.05, 4.69) is 20.5 Å². The Balaban J connectivity index is 1.62. The maximum absolute atomic E-state index is 5.91. The molecule has 3 rings (SSSR count). The van der Waals surface area contributed by atoms with E-state index in [9.17, 15) is 0 Å². The lowest BCUT2D eigenvalue weighted by Crippen LogP contribution is -2.29. The van der Waals surface area contributed by atoms with Crippen molar-refractivity contribution in [2.75, 3.05) is 11.9 Å². The molecule has 0 radical (unpaired) electrons. The number of nitrogens with two attached hydrogens (primary N) is 1. The predicted octanol–water partition coefficient (Wildman–Crippen LogP) is 1.95. The Kier molecular flexibility index (Phi) is 3.55. The third-order valence-corrected chi connectivity index (χ3v) is 3.80. The molecule has 0 bridgehead atoms. The van der Waals surface area contributed by atoms with E-state index in [0.717, 1.165) is 30.4 Å². The largest absolute Gasteiger partial charge is 0.353 e. The molecule has 1 aromatic heterocycles. The van der Waals surface area contributed by atoms with Crippen molar-refractivity contribution in [2.24, 2.45) is 11.7 Å². The Bertz CT molecular complexity index is 548. The molecule has 5 nitrogen and oxygen atoms in total. The van der Waals surface area contributed by atoms with Crippen LogP contribution in [0.2, 0.25) is 0 Å². The van der Waals surface area contributed by atoms with E-state index >= 15 is 0 Å². The van der Waals surface area contributed by atoms with Crippen LogP contribution in [0, 0.1) is 5.92 Å². The highest BCUT2D eigenvalue weighted by atomic mass is 15.2. The summed E-state index contributed by atoms with van der Waals surface area (Å²) in [5.74, 6) is 1.29. The van der Waals surface area contributed by atoms with Crippen LogP contribution in [0.5, 0.6) is 0 Å². The minimum Gasteiger partial charge on any atom is -0.353 e. The van der Waals surface area contributed by atoms with Crippen molar-refractivity contribution in [3.63, 3.8) is 0 Å². The van der Waals surface area contributed by atoms with Gasteiger partial charge in [0.15, 0.2) is 0 Å². The average Bonchev–Trinajstić information content (AvgIpc) is 2.46. The van der Waals surface area contributed by atoms with Crippen molar-refractivity contribution >= 4 is 17.0 Å². The Morgan fingerprint density at radius 2 is 1.79 bits per heavy atom. The van der Waals surface area contributed by atoms with Gasteiger partial charge in [0.1, 0.15) is 5.52 Å². The number of fused-ring (bicyclic) bond motifs is 1. The summed E-state index contributed by atoms with van der Waals surface area (Å²) in [5, 5.41) is 11.6. The van der Waals surface area contributed by atoms with Gasteiger partial charge in [-0.25, -0.2) is 4.98 Å². The first kappa shape index (κ1) is 12.3. The van der Waals surface area contributed by atoms with Crippen LogP contribution in [0.4, 0.5) is 5.95 Å². The fraction of sp³-hybridized carbons (Fsp3) is 0.500. The van der Waals surface area contributed by atoms with Gasteiger partial charge in [-0.1, -0.05) is 12.1 Å². The molecule has 0 spiro atoms. The molecule has 3 N–H and O–H groups in total. The lowest BCUT2D eigenvalue weighted by Gasteiger charge is -2.25. The van der Waals surface area contributed by atoms with Gasteiger partial charge in [-0.05, 0) is 43.7 Å². The zero-order chi connectivity index (χ0) is 13.1. The van der Waals surface area contributed by atoms with Gasteiger partial charge in [-0.2, -0.15) is 0 Å². The molecule has 2 aromatic rings. The third kappa shape index (κ3) is 2.98. The number of nitrogens with zero attached hydrogens (tertiary/aromatic N) is 3.